The van der Waals surface area contributed by atoms with E-state index in [0.717, 1.165) is 0 Å². The van der Waals surface area contributed by atoms with Crippen molar-refractivity contribution in [2.75, 3.05) is 0 Å². The zero-order chi connectivity index (χ0) is 104. The van der Waals surface area contributed by atoms with E-state index < -0.39 is 0 Å². The van der Waals surface area contributed by atoms with Crippen LogP contribution in [0.3, 0.4) is 0 Å². The lowest BCUT2D eigenvalue weighted by molar-refractivity contribution is 0.590. The highest BCUT2D eigenvalue weighted by atomic mass is 32.1. The van der Waals surface area contributed by atoms with Crippen molar-refractivity contribution in [2.24, 2.45) is 0 Å². The molecule has 0 N–H and O–H groups in total. The highest BCUT2D eigenvalue weighted by Gasteiger charge is 2.26. The fourth-order valence-electron chi connectivity index (χ4n) is 19.1. The van der Waals surface area contributed by atoms with Crippen molar-refractivity contribution in [3.63, 3.8) is 0 Å². The van der Waals surface area contributed by atoms with E-state index >= 15 is 0 Å². The van der Waals surface area contributed by atoms with Crippen LogP contribution in [0.4, 0.5) is 0 Å². The molecule has 2 heteroatoms. The molecule has 2 aromatic heterocycles. The average Bonchev–Trinajstić information content (AvgIpc) is 1.15. The summed E-state index contributed by atoms with van der Waals surface area (Å²) in [4.78, 5) is 0. The van der Waals surface area contributed by atoms with E-state index in [9.17, 15) is 0 Å². The molecular weight excluding hydrogens is 1790 g/mol. The first-order chi connectivity index (χ1) is 69.5. The summed E-state index contributed by atoms with van der Waals surface area (Å²) in [7, 11) is 0. The van der Waals surface area contributed by atoms with Crippen LogP contribution in [-0.2, 0) is 43.3 Å². The quantitative estimate of drug-likeness (QED) is 0.146. The summed E-state index contributed by atoms with van der Waals surface area (Å²) >= 11 is 3.81. The Bertz CT molecular complexity index is 8030. The van der Waals surface area contributed by atoms with E-state index in [1.165, 1.54) is 195 Å². The molecule has 0 atom stereocenters. The smallest absolute Gasteiger partial charge is 0.0392 e. The maximum Gasteiger partial charge on any atom is 0.0392 e. The zero-order valence-electron chi connectivity index (χ0n) is 90.7. The average molecular weight is 1940 g/mol. The first kappa shape index (κ1) is 106. The molecular formula is C144H148S2. The van der Waals surface area contributed by atoms with Crippen LogP contribution in [0.15, 0.2) is 461 Å². The Balaban J connectivity index is 0.000000126. The van der Waals surface area contributed by atoms with Crippen LogP contribution < -0.4 is 0 Å². The van der Waals surface area contributed by atoms with Gasteiger partial charge in [0, 0.05) is 40.3 Å². The van der Waals surface area contributed by atoms with Gasteiger partial charge in [0.2, 0.25) is 0 Å². The van der Waals surface area contributed by atoms with Gasteiger partial charge in [-0.2, -0.15) is 0 Å². The molecule has 0 saturated carbocycles. The van der Waals surface area contributed by atoms with Crippen LogP contribution in [0, 0.1) is 0 Å². The fraction of sp³-hybridized carbons (Fsp3) is 0.222. The second-order valence-electron chi connectivity index (χ2n) is 46.8. The Kier molecular flexibility index (Phi) is 33.2. The van der Waals surface area contributed by atoms with E-state index in [4.69, 9.17) is 0 Å². The van der Waals surface area contributed by atoms with Gasteiger partial charge in [-0.05, 0) is 222 Å². The second kappa shape index (κ2) is 45.7. The van der Waals surface area contributed by atoms with Crippen LogP contribution in [0.25, 0.3) is 150 Å². The van der Waals surface area contributed by atoms with Crippen LogP contribution in [0.1, 0.15) is 211 Å². The maximum atomic E-state index is 2.38. The molecule has 0 nitrogen and oxygen atoms in total. The zero-order valence-corrected chi connectivity index (χ0v) is 92.3. The minimum atomic E-state index is 0.107. The molecule has 2 heterocycles. The molecule has 0 bridgehead atoms. The Labute approximate surface area is 881 Å². The van der Waals surface area contributed by atoms with Gasteiger partial charge in [0.1, 0.15) is 0 Å². The van der Waals surface area contributed by atoms with Gasteiger partial charge >= 0.3 is 0 Å². The summed E-state index contributed by atoms with van der Waals surface area (Å²) < 4.78 is 5.62. The molecule has 736 valence electrons. The van der Waals surface area contributed by atoms with Crippen molar-refractivity contribution in [2.45, 2.75) is 209 Å². The van der Waals surface area contributed by atoms with Crippen LogP contribution in [-0.4, -0.2) is 0 Å². The van der Waals surface area contributed by atoms with Crippen molar-refractivity contribution in [1.29, 1.82) is 0 Å². The Morgan fingerprint density at radius 2 is 0.438 bits per heavy atom. The van der Waals surface area contributed by atoms with E-state index in [2.05, 4.69) is 621 Å². The lowest BCUT2D eigenvalue weighted by Gasteiger charge is -2.24. The third kappa shape index (κ3) is 26.6. The minimum Gasteiger partial charge on any atom is -0.135 e. The molecule has 0 aliphatic heterocycles. The third-order valence-electron chi connectivity index (χ3n) is 27.4. The fourth-order valence-corrected chi connectivity index (χ4v) is 21.6. The van der Waals surface area contributed by atoms with Crippen molar-refractivity contribution in [3.8, 4) is 66.8 Å². The lowest BCUT2D eigenvalue weighted by atomic mass is 9.80. The number of thiophene rings is 2. The van der Waals surface area contributed by atoms with E-state index in [1.807, 2.05) is 28.7 Å². The summed E-state index contributed by atoms with van der Waals surface area (Å²) in [5, 5.41) is 16.4. The molecule has 22 aromatic rings. The van der Waals surface area contributed by atoms with Gasteiger partial charge in [0.15, 0.2) is 0 Å². The summed E-state index contributed by atoms with van der Waals surface area (Å²) in [6, 6.07) is 165. The summed E-state index contributed by atoms with van der Waals surface area (Å²) in [6.45, 7) is 54.4. The Hall–Kier alpha value is -14.1. The molecule has 0 radical (unpaired) electrons. The van der Waals surface area contributed by atoms with Gasteiger partial charge in [0.05, 0.1) is 0 Å². The molecule has 0 unspecified atom stereocenters. The SMILES string of the molecule is CC(C)(C)c1cc(-c2ccccc2)ccc1-c1ccccc1.CC(C)(C)c1ccc(-c2ccccc2)cc1.CC(C)(C)c1ccc2c3ccccc3c3ccccc3c2c1.CC(C)(C)c1ccc2ccccc2c1.CC(C)(C)c1cccc(-c2ccccc2)c1.CC(C)(C)c1cccc2c1sc1ccccc12.CC(C)(C)c1cccc2sc3ccccc3c12.CC(C)(C)c1ccccc1-c1ccc(-c2ccccc2)cc1. The van der Waals surface area contributed by atoms with Crippen molar-refractivity contribution >= 4 is 106 Å². The number of hydrogen-bond acceptors (Lipinski definition) is 2. The van der Waals surface area contributed by atoms with E-state index in [0.29, 0.717) is 0 Å². The monoisotopic (exact) mass is 1940 g/mol. The molecule has 20 aromatic carbocycles. The van der Waals surface area contributed by atoms with Gasteiger partial charge in [-0.3, -0.25) is 0 Å². The van der Waals surface area contributed by atoms with Gasteiger partial charge in [-0.1, -0.05) is 603 Å². The Morgan fingerprint density at radius 3 is 0.938 bits per heavy atom. The number of rotatable bonds is 6. The summed E-state index contributed by atoms with van der Waals surface area (Å²) in [5.41, 5.74) is 28.2. The highest BCUT2D eigenvalue weighted by Crippen LogP contribution is 2.45. The summed E-state index contributed by atoms with van der Waals surface area (Å²) in [5.74, 6) is 0. The predicted molar refractivity (Wildman–Crippen MR) is 650 cm³/mol. The third-order valence-corrected chi connectivity index (χ3v) is 29.8. The lowest BCUT2D eigenvalue weighted by Crippen LogP contribution is -2.13. The first-order valence-electron chi connectivity index (χ1n) is 52.0. The molecule has 0 aliphatic carbocycles. The molecule has 0 amide bonds. The molecule has 146 heavy (non-hydrogen) atoms. The summed E-state index contributed by atoms with van der Waals surface area (Å²) in [6.07, 6.45) is 0. The first-order valence-corrected chi connectivity index (χ1v) is 53.6. The van der Waals surface area contributed by atoms with Crippen molar-refractivity contribution in [1.82, 2.24) is 0 Å². The normalized spacial score (nSPS) is 11.8. The van der Waals surface area contributed by atoms with Gasteiger partial charge < -0.3 is 0 Å². The van der Waals surface area contributed by atoms with Crippen LogP contribution >= 0.6 is 22.7 Å². The number of hydrogen-bond donors (Lipinski definition) is 0. The van der Waals surface area contributed by atoms with Gasteiger partial charge in [-0.15, -0.1) is 22.7 Å². The molecule has 0 aliphatic rings. The van der Waals surface area contributed by atoms with Crippen LogP contribution in [0.2, 0.25) is 0 Å². The van der Waals surface area contributed by atoms with Gasteiger partial charge in [0.25, 0.3) is 0 Å². The molecule has 0 fully saturated rings. The number of benzene rings is 20. The molecule has 22 rings (SSSR count). The topological polar surface area (TPSA) is 0 Å². The Morgan fingerprint density at radius 1 is 0.137 bits per heavy atom. The standard InChI is InChI=1S/C22H20.2C22H22.2C16H16S.2C16H18.C14H16/c1-22(2,3)15-12-13-20-18-10-5-4-8-16(18)17-9-6-7-11-19(17)21(20)14-15;1-22(2,3)21-16-19(17-10-6-4-7-11-17)14-15-20(21)18-12-8-5-9-13-18;1-22(2,3)21-12-8-7-11-20(21)19-15-13-18(14-16-19)17-9-5-4-6-10-17;1-16(2,3)13-9-6-8-12-11-7-4-5-10-14(11)17-15(12)13;1-16(2,3)12-8-6-10-14-15(12)11-7-4-5-9-13(11)17-14;1-16(2,3)15-11-7-10-14(12-15)13-8-5-4-6-9-13;1-16(2,3)15-11-9-14(10-12-15)13-7-5-4-6-8-13;1-14(2,3)13-9-8-11-6-4-5-7-12(11)10-13/h4-14H,1-3H3;2*4-16H,1-3H3;2*4-10H,1-3H3;2*4-12H,1-3H3;4-10H,1-3H3. The second-order valence-corrected chi connectivity index (χ2v) is 49.0. The van der Waals surface area contributed by atoms with E-state index in [-0.39, 0.29) is 43.3 Å². The van der Waals surface area contributed by atoms with Crippen molar-refractivity contribution in [3.05, 3.63) is 506 Å². The minimum absolute atomic E-state index is 0.107. The highest BCUT2D eigenvalue weighted by molar-refractivity contribution is 7.26. The number of fused-ring (bicyclic) bond motifs is 13. The largest absolute Gasteiger partial charge is 0.135 e. The molecule has 0 saturated heterocycles. The van der Waals surface area contributed by atoms with Gasteiger partial charge in [-0.25, -0.2) is 0 Å². The van der Waals surface area contributed by atoms with E-state index in [1.54, 1.807) is 0 Å². The maximum absolute atomic E-state index is 2.38. The molecule has 0 spiro atoms. The van der Waals surface area contributed by atoms with Crippen molar-refractivity contribution < 1.29 is 0 Å². The van der Waals surface area contributed by atoms with Crippen LogP contribution in [0.5, 0.6) is 0 Å². The predicted octanol–water partition coefficient (Wildman–Crippen LogP) is 43.2.